The lowest BCUT2D eigenvalue weighted by Gasteiger charge is -2.13. The van der Waals surface area contributed by atoms with Gasteiger partial charge >= 0.3 is 0 Å². The Balaban J connectivity index is 1.13. The van der Waals surface area contributed by atoms with Gasteiger partial charge in [0.15, 0.2) is 0 Å². The third-order valence-electron chi connectivity index (χ3n) is 13.1. The second-order valence-corrected chi connectivity index (χ2v) is 16.3. The van der Waals surface area contributed by atoms with Gasteiger partial charge in [0.2, 0.25) is 5.71 Å². The van der Waals surface area contributed by atoms with Crippen molar-refractivity contribution in [2.45, 2.75) is 0 Å². The minimum Gasteiger partial charge on any atom is -0.438 e. The first-order valence-electron chi connectivity index (χ1n) is 20.9. The molecule has 4 nitrogen and oxygen atoms in total. The zero-order valence-electron chi connectivity index (χ0n) is 32.8. The van der Waals surface area contributed by atoms with Crippen LogP contribution in [0.3, 0.4) is 0 Å². The average Bonchev–Trinajstić information content (AvgIpc) is 3.98. The molecule has 0 N–H and O–H groups in total. The molecule has 0 aliphatic heterocycles. The first-order valence-corrected chi connectivity index (χ1v) is 20.9. The topological polar surface area (TPSA) is 35.9 Å². The van der Waals surface area contributed by atoms with Gasteiger partial charge in [0.25, 0.3) is 0 Å². The van der Waals surface area contributed by atoms with E-state index in [0.717, 1.165) is 55.5 Å². The number of hydrogen-bond acceptors (Lipinski definition) is 2. The van der Waals surface area contributed by atoms with E-state index in [-0.39, 0.29) is 0 Å². The molecule has 14 rings (SSSR count). The normalized spacial score (nSPS) is 12.3. The van der Waals surface area contributed by atoms with Crippen molar-refractivity contribution in [3.05, 3.63) is 200 Å². The van der Waals surface area contributed by atoms with Crippen molar-refractivity contribution < 1.29 is 4.42 Å². The fourth-order valence-electron chi connectivity index (χ4n) is 10.5. The molecule has 0 bridgehead atoms. The van der Waals surface area contributed by atoms with Crippen LogP contribution in [0, 0.1) is 0 Å². The van der Waals surface area contributed by atoms with Gasteiger partial charge in [-0.05, 0) is 103 Å². The van der Waals surface area contributed by atoms with Crippen molar-refractivity contribution in [2.24, 2.45) is 0 Å². The molecule has 0 saturated carbocycles. The van der Waals surface area contributed by atoms with Crippen LogP contribution in [-0.4, -0.2) is 14.1 Å². The number of para-hydroxylation sites is 3. The molecule has 0 spiro atoms. The minimum atomic E-state index is 0.616. The van der Waals surface area contributed by atoms with Crippen LogP contribution in [0.1, 0.15) is 0 Å². The van der Waals surface area contributed by atoms with Gasteiger partial charge in [-0.2, -0.15) is 4.98 Å². The van der Waals surface area contributed by atoms with Gasteiger partial charge in [0, 0.05) is 38.0 Å². The molecular formula is C57H33N3O. The van der Waals surface area contributed by atoms with Gasteiger partial charge in [0.1, 0.15) is 11.4 Å². The van der Waals surface area contributed by atoms with Crippen molar-refractivity contribution in [1.82, 2.24) is 14.1 Å². The summed E-state index contributed by atoms with van der Waals surface area (Å²) < 4.78 is 11.5. The van der Waals surface area contributed by atoms with Crippen LogP contribution in [0.15, 0.2) is 205 Å². The molecule has 61 heavy (non-hydrogen) atoms. The molecule has 4 aromatic heterocycles. The summed E-state index contributed by atoms with van der Waals surface area (Å²) in [5, 5.41) is 16.8. The lowest BCUT2D eigenvalue weighted by Crippen LogP contribution is -1.99. The summed E-state index contributed by atoms with van der Waals surface area (Å²) in [7, 11) is 0. The van der Waals surface area contributed by atoms with Gasteiger partial charge in [-0.1, -0.05) is 146 Å². The number of hydrogen-bond donors (Lipinski definition) is 0. The van der Waals surface area contributed by atoms with E-state index < -0.39 is 0 Å². The van der Waals surface area contributed by atoms with E-state index in [1.54, 1.807) is 0 Å². The molecule has 0 amide bonds. The molecule has 0 aliphatic carbocycles. The highest BCUT2D eigenvalue weighted by molar-refractivity contribution is 6.36. The van der Waals surface area contributed by atoms with Crippen LogP contribution in [0.25, 0.3) is 131 Å². The summed E-state index contributed by atoms with van der Waals surface area (Å²) in [6.07, 6.45) is 0. The summed E-state index contributed by atoms with van der Waals surface area (Å²) in [4.78, 5) is 5.47. The first-order chi connectivity index (χ1) is 30.3. The summed E-state index contributed by atoms with van der Waals surface area (Å²) in [5.74, 6) is 0.810. The van der Waals surface area contributed by atoms with Crippen LogP contribution >= 0.6 is 0 Å². The molecule has 14 aromatic rings. The number of rotatable bonds is 3. The predicted molar refractivity (Wildman–Crippen MR) is 256 cm³/mol. The van der Waals surface area contributed by atoms with Crippen LogP contribution in [-0.2, 0) is 0 Å². The van der Waals surface area contributed by atoms with Crippen LogP contribution in [0.5, 0.6) is 0 Å². The summed E-state index contributed by atoms with van der Waals surface area (Å²) >= 11 is 0. The molecule has 0 atom stereocenters. The molecule has 0 unspecified atom stereocenters. The quantitative estimate of drug-likeness (QED) is 0.168. The summed E-state index contributed by atoms with van der Waals surface area (Å²) in [6, 6.07) is 72.6. The Morgan fingerprint density at radius 2 is 0.934 bits per heavy atom. The van der Waals surface area contributed by atoms with Gasteiger partial charge in [-0.15, -0.1) is 0 Å². The van der Waals surface area contributed by atoms with Crippen LogP contribution in [0.4, 0.5) is 0 Å². The van der Waals surface area contributed by atoms with Gasteiger partial charge in [-0.3, -0.25) is 4.57 Å². The molecule has 282 valence electrons. The van der Waals surface area contributed by atoms with E-state index in [1.807, 2.05) is 12.1 Å². The van der Waals surface area contributed by atoms with Crippen molar-refractivity contribution >= 4 is 109 Å². The maximum absolute atomic E-state index is 6.72. The van der Waals surface area contributed by atoms with E-state index in [4.69, 9.17) is 9.40 Å². The highest BCUT2D eigenvalue weighted by Gasteiger charge is 2.23. The van der Waals surface area contributed by atoms with E-state index in [9.17, 15) is 0 Å². The Kier molecular flexibility index (Phi) is 6.52. The van der Waals surface area contributed by atoms with Gasteiger partial charge < -0.3 is 8.98 Å². The van der Waals surface area contributed by atoms with Crippen LogP contribution in [0.2, 0.25) is 0 Å². The number of aromatic nitrogens is 3. The Hall–Kier alpha value is -8.21. The molecule has 0 fully saturated rings. The van der Waals surface area contributed by atoms with Crippen LogP contribution < -0.4 is 0 Å². The SMILES string of the molecule is c1ccc(-n2c3ccccc3c3ccc(-c4cc(-n5c6cc7ccccc7cc6c6c7c8ccccc8c8ccccc8c7ccc65)nc5oc6ccccc6c45)cc32)cc1. The van der Waals surface area contributed by atoms with Crippen molar-refractivity contribution in [3.8, 4) is 22.6 Å². The Morgan fingerprint density at radius 1 is 0.344 bits per heavy atom. The number of furan rings is 1. The Bertz CT molecular complexity index is 4130. The fourth-order valence-corrected chi connectivity index (χ4v) is 10.5. The summed E-state index contributed by atoms with van der Waals surface area (Å²) in [5.41, 5.74) is 9.28. The first kappa shape index (κ1) is 32.7. The van der Waals surface area contributed by atoms with E-state index in [2.05, 4.69) is 197 Å². The Morgan fingerprint density at radius 3 is 1.74 bits per heavy atom. The minimum absolute atomic E-state index is 0.616. The number of benzene rings is 10. The molecule has 0 radical (unpaired) electrons. The number of nitrogens with zero attached hydrogens (tertiary/aromatic N) is 3. The van der Waals surface area contributed by atoms with E-state index in [0.29, 0.717) is 5.71 Å². The summed E-state index contributed by atoms with van der Waals surface area (Å²) in [6.45, 7) is 0. The van der Waals surface area contributed by atoms with Gasteiger partial charge in [-0.25, -0.2) is 0 Å². The second-order valence-electron chi connectivity index (χ2n) is 16.3. The number of fused-ring (bicyclic) bond motifs is 17. The standard InChI is InChI=1S/C57H33N3O/c1-2-16-37(17-3-1)59-48-24-12-10-21-41(48)42-27-26-36(32-50(42)59)46-33-53(58-57-55(46)45-23-11-13-25-52(45)61-57)60-49-29-28-44-40-20-7-6-18-38(40)39-19-8-9-22-43(39)54(44)56(49)47-30-34-14-4-5-15-35(34)31-51(47)60/h1-33H. The van der Waals surface area contributed by atoms with Crippen molar-refractivity contribution in [1.29, 1.82) is 0 Å². The number of pyridine rings is 1. The second kappa shape index (κ2) is 12.2. The molecule has 0 aliphatic rings. The van der Waals surface area contributed by atoms with Crippen molar-refractivity contribution in [3.63, 3.8) is 0 Å². The smallest absolute Gasteiger partial charge is 0.229 e. The third-order valence-corrected chi connectivity index (χ3v) is 13.1. The third kappa shape index (κ3) is 4.51. The monoisotopic (exact) mass is 775 g/mol. The van der Waals surface area contributed by atoms with E-state index in [1.165, 1.54) is 70.2 Å². The van der Waals surface area contributed by atoms with Crippen molar-refractivity contribution in [2.75, 3.05) is 0 Å². The lowest BCUT2D eigenvalue weighted by atomic mass is 9.91. The largest absolute Gasteiger partial charge is 0.438 e. The average molecular weight is 776 g/mol. The maximum atomic E-state index is 6.72. The molecule has 10 aromatic carbocycles. The molecule has 4 heterocycles. The maximum Gasteiger partial charge on any atom is 0.229 e. The zero-order valence-corrected chi connectivity index (χ0v) is 32.8. The highest BCUT2D eigenvalue weighted by Crippen LogP contribution is 2.46. The fraction of sp³-hybridized carbons (Fsp3) is 0. The molecule has 4 heteroatoms. The highest BCUT2D eigenvalue weighted by atomic mass is 16.3. The molecular weight excluding hydrogens is 743 g/mol. The Labute approximate surface area is 348 Å². The molecule has 0 saturated heterocycles. The predicted octanol–water partition coefficient (Wildman–Crippen LogP) is 15.5. The zero-order chi connectivity index (χ0) is 39.8. The lowest BCUT2D eigenvalue weighted by molar-refractivity contribution is 0.653. The van der Waals surface area contributed by atoms with Gasteiger partial charge in [0.05, 0.1) is 27.5 Å². The van der Waals surface area contributed by atoms with E-state index >= 15 is 0 Å².